The lowest BCUT2D eigenvalue weighted by Crippen LogP contribution is -2.29. The zero-order chi connectivity index (χ0) is 27.3. The lowest BCUT2D eigenvalue weighted by atomic mass is 9.90. The van der Waals surface area contributed by atoms with Crippen LogP contribution < -0.4 is 9.64 Å². The summed E-state index contributed by atoms with van der Waals surface area (Å²) >= 11 is 6.30. The number of rotatable bonds is 5. The van der Waals surface area contributed by atoms with Crippen molar-refractivity contribution in [1.82, 2.24) is 4.98 Å². The number of amides is 1. The highest BCUT2D eigenvalue weighted by Gasteiger charge is 2.48. The maximum Gasteiger partial charge on any atom is 0.300 e. The molecule has 4 aromatic rings. The van der Waals surface area contributed by atoms with Crippen LogP contribution in [0, 0.1) is 13.8 Å². The van der Waals surface area contributed by atoms with Crippen molar-refractivity contribution in [3.05, 3.63) is 99.2 Å². The Labute approximate surface area is 226 Å². The van der Waals surface area contributed by atoms with Gasteiger partial charge in [0.05, 0.1) is 18.7 Å². The SMILES string of the molecule is COc1cc(C)c(/C(O)=C2\C(=O)C(=O)N(c3cccc(Cl)c3)C2c2c(C)[nH]c3ccccc23)cc1C(C)C. The Hall–Kier alpha value is -4.03. The molecule has 0 saturated carbocycles. The average Bonchev–Trinajstić information content (AvgIpc) is 3.35. The second-order valence-corrected chi connectivity index (χ2v) is 10.4. The van der Waals surface area contributed by atoms with E-state index in [9.17, 15) is 14.7 Å². The summed E-state index contributed by atoms with van der Waals surface area (Å²) in [4.78, 5) is 32.2. The summed E-state index contributed by atoms with van der Waals surface area (Å²) in [6.07, 6.45) is 0. The van der Waals surface area contributed by atoms with Gasteiger partial charge in [-0.1, -0.05) is 49.7 Å². The minimum absolute atomic E-state index is 0.0331. The number of aliphatic hydroxyl groups is 1. The Morgan fingerprint density at radius 2 is 1.79 bits per heavy atom. The number of ketones is 1. The van der Waals surface area contributed by atoms with Crippen molar-refractivity contribution in [3.63, 3.8) is 0 Å². The number of hydrogen-bond acceptors (Lipinski definition) is 4. The Bertz CT molecular complexity index is 1630. The predicted molar refractivity (Wildman–Crippen MR) is 151 cm³/mol. The van der Waals surface area contributed by atoms with Gasteiger partial charge < -0.3 is 14.8 Å². The van der Waals surface area contributed by atoms with Crippen molar-refractivity contribution < 1.29 is 19.4 Å². The van der Waals surface area contributed by atoms with E-state index in [1.165, 1.54) is 4.90 Å². The number of halogens is 1. The summed E-state index contributed by atoms with van der Waals surface area (Å²) in [6.45, 7) is 7.82. The predicted octanol–water partition coefficient (Wildman–Crippen LogP) is 7.20. The molecule has 1 amide bonds. The van der Waals surface area contributed by atoms with Gasteiger partial charge in [0.1, 0.15) is 11.5 Å². The van der Waals surface area contributed by atoms with Gasteiger partial charge in [-0.25, -0.2) is 0 Å². The lowest BCUT2D eigenvalue weighted by molar-refractivity contribution is -0.132. The van der Waals surface area contributed by atoms with E-state index in [1.54, 1.807) is 31.4 Å². The molecule has 0 radical (unpaired) electrons. The summed E-state index contributed by atoms with van der Waals surface area (Å²) in [5.41, 5.74) is 5.03. The van der Waals surface area contributed by atoms with Gasteiger partial charge in [0.2, 0.25) is 0 Å². The first-order valence-corrected chi connectivity index (χ1v) is 12.8. The minimum Gasteiger partial charge on any atom is -0.507 e. The zero-order valence-corrected chi connectivity index (χ0v) is 22.7. The fourth-order valence-corrected chi connectivity index (χ4v) is 5.56. The van der Waals surface area contributed by atoms with Gasteiger partial charge in [0.15, 0.2) is 0 Å². The van der Waals surface area contributed by atoms with Gasteiger partial charge >= 0.3 is 0 Å². The van der Waals surface area contributed by atoms with Crippen molar-refractivity contribution in [2.75, 3.05) is 12.0 Å². The molecular formula is C31H29ClN2O4. The highest BCUT2D eigenvalue weighted by Crippen LogP contribution is 2.46. The molecule has 6 nitrogen and oxygen atoms in total. The number of methoxy groups -OCH3 is 1. The molecule has 1 fully saturated rings. The summed E-state index contributed by atoms with van der Waals surface area (Å²) < 4.78 is 5.57. The summed E-state index contributed by atoms with van der Waals surface area (Å²) in [5, 5.41) is 13.1. The number of carbonyl (C=O) groups excluding carboxylic acids is 2. The van der Waals surface area contributed by atoms with Gasteiger partial charge in [0.25, 0.3) is 11.7 Å². The van der Waals surface area contributed by atoms with Crippen LogP contribution in [0.15, 0.2) is 66.2 Å². The minimum atomic E-state index is -0.867. The molecule has 1 aromatic heterocycles. The van der Waals surface area contributed by atoms with Crippen LogP contribution in [-0.4, -0.2) is 28.9 Å². The van der Waals surface area contributed by atoms with Crippen molar-refractivity contribution in [3.8, 4) is 5.75 Å². The number of fused-ring (bicyclic) bond motifs is 1. The molecule has 3 aromatic carbocycles. The molecule has 2 heterocycles. The first-order valence-electron chi connectivity index (χ1n) is 12.5. The third-order valence-corrected chi connectivity index (χ3v) is 7.44. The van der Waals surface area contributed by atoms with E-state index in [4.69, 9.17) is 16.3 Å². The summed E-state index contributed by atoms with van der Waals surface area (Å²) in [6, 6.07) is 17.4. The van der Waals surface area contributed by atoms with Crippen LogP contribution in [0.3, 0.4) is 0 Å². The number of hydrogen-bond donors (Lipinski definition) is 2. The highest BCUT2D eigenvalue weighted by atomic mass is 35.5. The molecule has 38 heavy (non-hydrogen) atoms. The average molecular weight is 529 g/mol. The first kappa shape index (κ1) is 25.6. The third-order valence-electron chi connectivity index (χ3n) is 7.20. The molecular weight excluding hydrogens is 500 g/mol. The normalized spacial score (nSPS) is 17.1. The molecule has 1 saturated heterocycles. The van der Waals surface area contributed by atoms with Crippen molar-refractivity contribution in [2.24, 2.45) is 0 Å². The number of aryl methyl sites for hydroxylation is 2. The molecule has 1 unspecified atom stereocenters. The maximum absolute atomic E-state index is 13.7. The van der Waals surface area contributed by atoms with Gasteiger partial charge in [-0.2, -0.15) is 0 Å². The van der Waals surface area contributed by atoms with Crippen LogP contribution in [0.1, 0.15) is 53.8 Å². The number of carbonyl (C=O) groups is 2. The number of nitrogens with zero attached hydrogens (tertiary/aromatic N) is 1. The molecule has 7 heteroatoms. The first-order chi connectivity index (χ1) is 18.1. The van der Waals surface area contributed by atoms with E-state index in [2.05, 4.69) is 4.98 Å². The van der Waals surface area contributed by atoms with E-state index >= 15 is 0 Å². The molecule has 2 N–H and O–H groups in total. The zero-order valence-electron chi connectivity index (χ0n) is 21.9. The van der Waals surface area contributed by atoms with Crippen LogP contribution in [0.4, 0.5) is 5.69 Å². The molecule has 1 atom stereocenters. The van der Waals surface area contributed by atoms with Gasteiger partial charge in [0, 0.05) is 38.4 Å². The van der Waals surface area contributed by atoms with Gasteiger partial charge in [-0.05, 0) is 67.3 Å². The van der Waals surface area contributed by atoms with Crippen molar-refractivity contribution >= 4 is 45.6 Å². The van der Waals surface area contributed by atoms with Crippen LogP contribution in [0.5, 0.6) is 5.75 Å². The molecule has 194 valence electrons. The molecule has 0 aliphatic carbocycles. The maximum atomic E-state index is 13.7. The standard InChI is InChI=1S/C31H29ClN2O4/c1-16(2)22-15-23(17(3)13-25(22)38-5)29(35)27-28(26-18(4)33-24-12-7-6-11-21(24)26)34(31(37)30(27)36)20-10-8-9-19(32)14-20/h6-16,28,33,35H,1-5H3/b29-27+. The van der Waals surface area contributed by atoms with Gasteiger partial charge in [-0.15, -0.1) is 0 Å². The monoisotopic (exact) mass is 528 g/mol. The number of Topliss-reactive ketones (excluding diaryl/α,β-unsaturated/α-hetero) is 1. The van der Waals surface area contributed by atoms with E-state index in [1.807, 2.05) is 64.1 Å². The van der Waals surface area contributed by atoms with Crippen LogP contribution >= 0.6 is 11.6 Å². The topological polar surface area (TPSA) is 82.6 Å². The smallest absolute Gasteiger partial charge is 0.300 e. The van der Waals surface area contributed by atoms with Crippen molar-refractivity contribution in [2.45, 2.75) is 39.7 Å². The largest absolute Gasteiger partial charge is 0.507 e. The Morgan fingerprint density at radius 3 is 2.47 bits per heavy atom. The number of anilines is 1. The van der Waals surface area contributed by atoms with E-state index in [-0.39, 0.29) is 17.3 Å². The van der Waals surface area contributed by atoms with Gasteiger partial charge in [-0.3, -0.25) is 14.5 Å². The van der Waals surface area contributed by atoms with E-state index < -0.39 is 17.7 Å². The quantitative estimate of drug-likeness (QED) is 0.163. The molecule has 0 spiro atoms. The number of aliphatic hydroxyl groups excluding tert-OH is 1. The molecule has 5 rings (SSSR count). The fraction of sp³-hybridized carbons (Fsp3) is 0.226. The van der Waals surface area contributed by atoms with Crippen molar-refractivity contribution in [1.29, 1.82) is 0 Å². The lowest BCUT2D eigenvalue weighted by Gasteiger charge is -2.26. The second-order valence-electron chi connectivity index (χ2n) is 9.92. The summed E-state index contributed by atoms with van der Waals surface area (Å²) in [5.74, 6) is -0.878. The van der Waals surface area contributed by atoms with Crippen LogP contribution in [-0.2, 0) is 9.59 Å². The number of H-pyrrole nitrogens is 1. The Morgan fingerprint density at radius 1 is 1.05 bits per heavy atom. The number of ether oxygens (including phenoxy) is 1. The Balaban J connectivity index is 1.84. The molecule has 1 aliphatic rings. The van der Waals surface area contributed by atoms with E-state index in [0.29, 0.717) is 22.0 Å². The highest BCUT2D eigenvalue weighted by molar-refractivity contribution is 6.52. The molecule has 1 aliphatic heterocycles. The summed E-state index contributed by atoms with van der Waals surface area (Å²) in [7, 11) is 1.61. The number of aromatic nitrogens is 1. The van der Waals surface area contributed by atoms with Crippen LogP contribution in [0.2, 0.25) is 5.02 Å². The molecule has 0 bridgehead atoms. The second kappa shape index (κ2) is 9.69. The number of aromatic amines is 1. The van der Waals surface area contributed by atoms with Crippen LogP contribution in [0.25, 0.3) is 16.7 Å². The third kappa shape index (κ3) is 4.05. The van der Waals surface area contributed by atoms with E-state index in [0.717, 1.165) is 33.3 Å². The number of para-hydroxylation sites is 1. The fourth-order valence-electron chi connectivity index (χ4n) is 5.37. The number of benzene rings is 3. The number of nitrogens with one attached hydrogen (secondary N) is 1. The Kier molecular flexibility index (Phi) is 6.53.